The molecule has 0 saturated carbocycles. The molecule has 0 spiro atoms. The highest BCUT2D eigenvalue weighted by atomic mass is 32.2. The number of Topliss-reactive ketones (excluding diaryl/α,β-unsaturated/α-hetero) is 1. The summed E-state index contributed by atoms with van der Waals surface area (Å²) in [6, 6.07) is 27.8. The molecular formula is C45H50N6O10S. The van der Waals surface area contributed by atoms with E-state index in [1.165, 1.54) is 17.0 Å². The van der Waals surface area contributed by atoms with Crippen molar-refractivity contribution in [3.8, 4) is 0 Å². The van der Waals surface area contributed by atoms with Gasteiger partial charge in [0, 0.05) is 19.2 Å². The number of nitrogens with one attached hydrogen (secondary N) is 3. The molecule has 4 atom stereocenters. The number of unbranched alkanes of at least 4 members (excludes halogenated alkanes) is 1. The number of oxazole rings is 1. The Labute approximate surface area is 359 Å². The normalized spacial score (nSPS) is 15.9. The summed E-state index contributed by atoms with van der Waals surface area (Å²) in [5, 5.41) is 8.15. The van der Waals surface area contributed by atoms with Gasteiger partial charge in [-0.2, -0.15) is 0 Å². The molecule has 1 saturated heterocycles. The van der Waals surface area contributed by atoms with Gasteiger partial charge in [-0.25, -0.2) is 23.0 Å². The van der Waals surface area contributed by atoms with Gasteiger partial charge in [-0.3, -0.25) is 14.4 Å². The van der Waals surface area contributed by atoms with Crippen LogP contribution in [0.5, 0.6) is 0 Å². The monoisotopic (exact) mass is 866 g/mol. The van der Waals surface area contributed by atoms with Crippen LogP contribution in [-0.2, 0) is 48.5 Å². The van der Waals surface area contributed by atoms with Gasteiger partial charge in [0.15, 0.2) is 15.4 Å². The zero-order valence-corrected chi connectivity index (χ0v) is 35.1. The van der Waals surface area contributed by atoms with Crippen LogP contribution in [0.1, 0.15) is 59.5 Å². The number of nitrogens with zero attached hydrogens (tertiary/aromatic N) is 2. The maximum atomic E-state index is 14.7. The van der Waals surface area contributed by atoms with E-state index in [9.17, 15) is 32.4 Å². The molecule has 6 rings (SSSR count). The molecule has 62 heavy (non-hydrogen) atoms. The Morgan fingerprint density at radius 3 is 2.16 bits per heavy atom. The number of amides is 4. The average Bonchev–Trinajstić information content (AvgIpc) is 3.91. The molecule has 5 aromatic rings. The second kappa shape index (κ2) is 21.3. The Kier molecular flexibility index (Phi) is 15.4. The van der Waals surface area contributed by atoms with E-state index in [1.807, 2.05) is 48.5 Å². The van der Waals surface area contributed by atoms with Crippen molar-refractivity contribution in [3.63, 3.8) is 0 Å². The molecular weight excluding hydrogens is 817 g/mol. The van der Waals surface area contributed by atoms with Gasteiger partial charge < -0.3 is 40.5 Å². The molecule has 5 N–H and O–H groups in total. The third-order valence-corrected chi connectivity index (χ3v) is 11.5. The minimum Gasteiger partial charge on any atom is -0.445 e. The number of likely N-dealkylation sites (tertiary alicyclic amines) is 1. The zero-order valence-electron chi connectivity index (χ0n) is 34.2. The zero-order chi connectivity index (χ0) is 44.1. The van der Waals surface area contributed by atoms with Gasteiger partial charge >= 0.3 is 12.2 Å². The number of rotatable bonds is 19. The van der Waals surface area contributed by atoms with E-state index in [0.717, 1.165) is 17.4 Å². The van der Waals surface area contributed by atoms with Crippen molar-refractivity contribution >= 4 is 50.7 Å². The Bertz CT molecular complexity index is 2400. The average molecular weight is 867 g/mol. The number of nitrogens with two attached hydrogens (primary N) is 1. The SMILES string of the molecule is CS(=O)(=O)c1ccc(CNC(=O)O[C@@H]2C[C@@H](C(=O)N[C@@H](CCCCN)C(=O)c3nc4ccccc4o3)N(C(=O)[C@@H](CCc3ccccc3)NC(=O)OCc3ccccc3)C2)cc1. The second-order valence-corrected chi connectivity index (χ2v) is 17.0. The number of carbonyl (C=O) groups is 5. The lowest BCUT2D eigenvalue weighted by Crippen LogP contribution is -2.55. The van der Waals surface area contributed by atoms with Crippen molar-refractivity contribution in [2.45, 2.75) is 80.8 Å². The maximum absolute atomic E-state index is 14.7. The third-order valence-electron chi connectivity index (χ3n) is 10.4. The first-order valence-electron chi connectivity index (χ1n) is 20.3. The van der Waals surface area contributed by atoms with Crippen molar-refractivity contribution < 1.29 is 46.3 Å². The summed E-state index contributed by atoms with van der Waals surface area (Å²) in [7, 11) is -3.41. The van der Waals surface area contributed by atoms with Gasteiger partial charge in [0.2, 0.25) is 17.6 Å². The molecule has 4 aromatic carbocycles. The highest BCUT2D eigenvalue weighted by Crippen LogP contribution is 2.25. The van der Waals surface area contributed by atoms with Crippen LogP contribution in [0.4, 0.5) is 9.59 Å². The number of carbonyl (C=O) groups excluding carboxylic acids is 5. The van der Waals surface area contributed by atoms with E-state index in [4.69, 9.17) is 19.6 Å². The molecule has 326 valence electrons. The first-order valence-corrected chi connectivity index (χ1v) is 22.2. The molecule has 0 aliphatic carbocycles. The van der Waals surface area contributed by atoms with Gasteiger partial charge in [0.1, 0.15) is 30.3 Å². The predicted molar refractivity (Wildman–Crippen MR) is 228 cm³/mol. The minimum absolute atomic E-state index is 0.00114. The summed E-state index contributed by atoms with van der Waals surface area (Å²) in [5.74, 6) is -2.07. The lowest BCUT2D eigenvalue weighted by atomic mass is 10.0. The van der Waals surface area contributed by atoms with Crippen LogP contribution >= 0.6 is 0 Å². The van der Waals surface area contributed by atoms with Crippen LogP contribution in [0.3, 0.4) is 0 Å². The number of sulfone groups is 1. The molecule has 1 aliphatic heterocycles. The fourth-order valence-corrected chi connectivity index (χ4v) is 7.70. The largest absolute Gasteiger partial charge is 0.445 e. The minimum atomic E-state index is -3.41. The number of hydrogen-bond acceptors (Lipinski definition) is 12. The van der Waals surface area contributed by atoms with Gasteiger partial charge in [0.05, 0.1) is 17.5 Å². The van der Waals surface area contributed by atoms with E-state index in [2.05, 4.69) is 20.9 Å². The number of aromatic nitrogens is 1. The summed E-state index contributed by atoms with van der Waals surface area (Å²) >= 11 is 0. The van der Waals surface area contributed by atoms with Gasteiger partial charge in [0.25, 0.3) is 5.89 Å². The molecule has 1 fully saturated rings. The fourth-order valence-electron chi connectivity index (χ4n) is 7.07. The summed E-state index contributed by atoms with van der Waals surface area (Å²) < 4.78 is 40.7. The topological polar surface area (TPSA) is 229 Å². The molecule has 17 heteroatoms. The first kappa shape index (κ1) is 44.9. The lowest BCUT2D eigenvalue weighted by Gasteiger charge is -2.29. The predicted octanol–water partition coefficient (Wildman–Crippen LogP) is 4.85. The molecule has 2 heterocycles. The second-order valence-electron chi connectivity index (χ2n) is 15.0. The number of fused-ring (bicyclic) bond motifs is 1. The standard InChI is InChI=1S/C45H50N6O10S/c1-62(57,58)34-22-19-31(20-23-34)27-47-44(55)60-33-26-38(41(53)48-36(17-10-11-25-46)40(52)42-49-35-16-8-9-18-39(35)61-42)51(28-33)43(54)37(24-21-30-12-4-2-5-13-30)50-45(56)59-29-32-14-6-3-7-15-32/h2-9,12-16,18-20,22-23,33,36-38H,10-11,17,21,24-29,46H2,1H3,(H,47,55)(H,48,53)(H,50,56)/t33-,36+,37-,38+/m1/s1. The summed E-state index contributed by atoms with van der Waals surface area (Å²) in [4.78, 5) is 75.0. The van der Waals surface area contributed by atoms with E-state index in [-0.39, 0.29) is 49.7 Å². The molecule has 4 amide bonds. The quantitative estimate of drug-likeness (QED) is 0.0645. The van der Waals surface area contributed by atoms with E-state index < -0.39 is 63.9 Å². The highest BCUT2D eigenvalue weighted by Gasteiger charge is 2.44. The molecule has 1 aromatic heterocycles. The smallest absolute Gasteiger partial charge is 0.408 e. The highest BCUT2D eigenvalue weighted by molar-refractivity contribution is 7.90. The van der Waals surface area contributed by atoms with Crippen molar-refractivity contribution in [2.75, 3.05) is 19.3 Å². The van der Waals surface area contributed by atoms with Crippen molar-refractivity contribution in [2.24, 2.45) is 5.73 Å². The third kappa shape index (κ3) is 12.5. The van der Waals surface area contributed by atoms with Crippen LogP contribution in [0.15, 0.2) is 119 Å². The molecule has 1 aliphatic rings. The Morgan fingerprint density at radius 2 is 1.48 bits per heavy atom. The fraction of sp³-hybridized carbons (Fsp3) is 0.333. The Morgan fingerprint density at radius 1 is 0.806 bits per heavy atom. The summed E-state index contributed by atoms with van der Waals surface area (Å²) in [6.45, 7) is 0.0996. The molecule has 0 bridgehead atoms. The van der Waals surface area contributed by atoms with Gasteiger partial charge in [-0.1, -0.05) is 84.9 Å². The van der Waals surface area contributed by atoms with Crippen LogP contribution in [0.2, 0.25) is 0 Å². The number of hydrogen-bond donors (Lipinski definition) is 4. The Balaban J connectivity index is 1.22. The van der Waals surface area contributed by atoms with Crippen LogP contribution in [-0.4, -0.2) is 91.7 Å². The lowest BCUT2D eigenvalue weighted by molar-refractivity contribution is -0.140. The van der Waals surface area contributed by atoms with Crippen molar-refractivity contribution in [1.29, 1.82) is 0 Å². The van der Waals surface area contributed by atoms with E-state index in [1.54, 1.807) is 48.5 Å². The van der Waals surface area contributed by atoms with E-state index in [0.29, 0.717) is 42.5 Å². The number of alkyl carbamates (subject to hydrolysis) is 2. The number of aryl methyl sites for hydroxylation is 1. The van der Waals surface area contributed by atoms with Crippen molar-refractivity contribution in [3.05, 3.63) is 132 Å². The molecule has 0 unspecified atom stereocenters. The first-order chi connectivity index (χ1) is 29.9. The van der Waals surface area contributed by atoms with Gasteiger partial charge in [-0.05, 0) is 79.6 Å². The van der Waals surface area contributed by atoms with E-state index >= 15 is 0 Å². The summed E-state index contributed by atoms with van der Waals surface area (Å²) in [6.07, 6.45) is 0.0679. The van der Waals surface area contributed by atoms with Crippen LogP contribution in [0, 0.1) is 0 Å². The molecule has 0 radical (unpaired) electrons. The number of ether oxygens (including phenoxy) is 2. The number of ketones is 1. The molecule has 16 nitrogen and oxygen atoms in total. The summed E-state index contributed by atoms with van der Waals surface area (Å²) in [5.41, 5.74) is 8.87. The van der Waals surface area contributed by atoms with Crippen LogP contribution < -0.4 is 21.7 Å². The van der Waals surface area contributed by atoms with Crippen molar-refractivity contribution in [1.82, 2.24) is 25.8 Å². The Hall–Kier alpha value is -6.59. The van der Waals surface area contributed by atoms with Gasteiger partial charge in [-0.15, -0.1) is 0 Å². The number of para-hydroxylation sites is 2. The number of benzene rings is 4. The van der Waals surface area contributed by atoms with Crippen LogP contribution in [0.25, 0.3) is 11.1 Å². The maximum Gasteiger partial charge on any atom is 0.408 e.